The Balaban J connectivity index is 4.86. The number of ether oxygens (including phenoxy) is 2. The minimum absolute atomic E-state index is 0.138. The van der Waals surface area contributed by atoms with Crippen molar-refractivity contribution in [1.82, 2.24) is 16.0 Å². The quantitative estimate of drug-likeness (QED) is 0.478. The summed E-state index contributed by atoms with van der Waals surface area (Å²) >= 11 is 0. The highest BCUT2D eigenvalue weighted by atomic mass is 16.6. The summed E-state index contributed by atoms with van der Waals surface area (Å²) in [5.74, 6) is -0.437. The van der Waals surface area contributed by atoms with Gasteiger partial charge in [0.05, 0.1) is 7.11 Å². The van der Waals surface area contributed by atoms with Crippen LogP contribution < -0.4 is 16.0 Å². The number of hydrogen-bond acceptors (Lipinski definition) is 5. The minimum Gasteiger partial charge on any atom is -0.467 e. The zero-order valence-electron chi connectivity index (χ0n) is 16.6. The van der Waals surface area contributed by atoms with Crippen LogP contribution in [0.15, 0.2) is 0 Å². The van der Waals surface area contributed by atoms with Gasteiger partial charge in [0.25, 0.3) is 0 Å². The Labute approximate surface area is 150 Å². The normalized spacial score (nSPS) is 13.8. The predicted molar refractivity (Wildman–Crippen MR) is 94.9 cm³/mol. The summed E-state index contributed by atoms with van der Waals surface area (Å²) in [4.78, 5) is 35.9. The SMILES string of the molecule is COC(=O)[C@@H](NC(=O)N[C@H](CC(C)C)NC(=O)OC(C)(C)C)C(C)C. The summed E-state index contributed by atoms with van der Waals surface area (Å²) in [7, 11) is 1.27. The van der Waals surface area contributed by atoms with Gasteiger partial charge < -0.3 is 25.4 Å². The van der Waals surface area contributed by atoms with Crippen molar-refractivity contribution in [2.75, 3.05) is 7.11 Å². The molecule has 146 valence electrons. The third-order valence-corrected chi connectivity index (χ3v) is 3.11. The molecule has 2 atom stereocenters. The lowest BCUT2D eigenvalue weighted by molar-refractivity contribution is -0.144. The number of carbonyl (C=O) groups excluding carboxylic acids is 3. The predicted octanol–water partition coefficient (Wildman–Crippen LogP) is 2.38. The van der Waals surface area contributed by atoms with Crippen molar-refractivity contribution in [3.8, 4) is 0 Å². The molecule has 0 aliphatic heterocycles. The average Bonchev–Trinajstić information content (AvgIpc) is 2.40. The Morgan fingerprint density at radius 2 is 1.52 bits per heavy atom. The van der Waals surface area contributed by atoms with Gasteiger partial charge in [0.1, 0.15) is 17.8 Å². The van der Waals surface area contributed by atoms with E-state index in [1.54, 1.807) is 34.6 Å². The Morgan fingerprint density at radius 3 is 1.92 bits per heavy atom. The number of alkyl carbamates (subject to hydrolysis) is 1. The molecule has 0 radical (unpaired) electrons. The van der Waals surface area contributed by atoms with Crippen LogP contribution in [0.5, 0.6) is 0 Å². The van der Waals surface area contributed by atoms with E-state index in [1.807, 2.05) is 13.8 Å². The first-order chi connectivity index (χ1) is 11.4. The molecule has 0 aliphatic rings. The van der Waals surface area contributed by atoms with Crippen LogP contribution in [0.1, 0.15) is 54.9 Å². The van der Waals surface area contributed by atoms with Gasteiger partial charge in [-0.15, -0.1) is 0 Å². The number of carbonyl (C=O) groups is 3. The number of rotatable bonds is 7. The number of nitrogens with one attached hydrogen (secondary N) is 3. The smallest absolute Gasteiger partial charge is 0.409 e. The highest BCUT2D eigenvalue weighted by Gasteiger charge is 2.27. The van der Waals surface area contributed by atoms with Gasteiger partial charge >= 0.3 is 18.1 Å². The van der Waals surface area contributed by atoms with Gasteiger partial charge in [-0.3, -0.25) is 0 Å². The maximum atomic E-state index is 12.2. The summed E-state index contributed by atoms with van der Waals surface area (Å²) in [6.07, 6.45) is -0.732. The summed E-state index contributed by atoms with van der Waals surface area (Å²) in [6, 6.07) is -1.34. The van der Waals surface area contributed by atoms with Crippen molar-refractivity contribution in [2.24, 2.45) is 11.8 Å². The van der Waals surface area contributed by atoms with E-state index in [4.69, 9.17) is 9.47 Å². The fourth-order valence-corrected chi connectivity index (χ4v) is 2.04. The van der Waals surface area contributed by atoms with Crippen molar-refractivity contribution in [1.29, 1.82) is 0 Å². The summed E-state index contributed by atoms with van der Waals surface area (Å²) in [5.41, 5.74) is -0.637. The van der Waals surface area contributed by atoms with Crippen LogP contribution in [0, 0.1) is 11.8 Å². The molecule has 0 aromatic carbocycles. The molecule has 0 aliphatic carbocycles. The molecule has 0 spiro atoms. The van der Waals surface area contributed by atoms with Crippen LogP contribution in [0.4, 0.5) is 9.59 Å². The highest BCUT2D eigenvalue weighted by molar-refractivity contribution is 5.84. The van der Waals surface area contributed by atoms with Crippen LogP contribution >= 0.6 is 0 Å². The lowest BCUT2D eigenvalue weighted by Crippen LogP contribution is -2.56. The van der Waals surface area contributed by atoms with E-state index in [-0.39, 0.29) is 11.8 Å². The van der Waals surface area contributed by atoms with Gasteiger partial charge in [-0.25, -0.2) is 14.4 Å². The van der Waals surface area contributed by atoms with Crippen molar-refractivity contribution in [2.45, 2.75) is 72.7 Å². The molecule has 0 unspecified atom stereocenters. The lowest BCUT2D eigenvalue weighted by atomic mass is 10.1. The summed E-state index contributed by atoms with van der Waals surface area (Å²) in [6.45, 7) is 12.8. The highest BCUT2D eigenvalue weighted by Crippen LogP contribution is 2.09. The van der Waals surface area contributed by atoms with Crippen molar-refractivity contribution in [3.63, 3.8) is 0 Å². The van der Waals surface area contributed by atoms with E-state index in [9.17, 15) is 14.4 Å². The van der Waals surface area contributed by atoms with Gasteiger partial charge in [-0.05, 0) is 39.0 Å². The Morgan fingerprint density at radius 1 is 0.960 bits per heavy atom. The van der Waals surface area contributed by atoms with Gasteiger partial charge in [0.15, 0.2) is 0 Å². The number of hydrogen-bond donors (Lipinski definition) is 3. The lowest BCUT2D eigenvalue weighted by Gasteiger charge is -2.26. The molecule has 0 saturated carbocycles. The van der Waals surface area contributed by atoms with Crippen LogP contribution in [0.2, 0.25) is 0 Å². The second-order valence-electron chi connectivity index (χ2n) is 7.69. The van der Waals surface area contributed by atoms with E-state index >= 15 is 0 Å². The van der Waals surface area contributed by atoms with E-state index in [2.05, 4.69) is 16.0 Å². The van der Waals surface area contributed by atoms with E-state index in [0.29, 0.717) is 6.42 Å². The monoisotopic (exact) mass is 359 g/mol. The van der Waals surface area contributed by atoms with Crippen molar-refractivity contribution >= 4 is 18.1 Å². The zero-order valence-corrected chi connectivity index (χ0v) is 16.6. The van der Waals surface area contributed by atoms with Crippen molar-refractivity contribution < 1.29 is 23.9 Å². The Bertz CT molecular complexity index is 458. The summed E-state index contributed by atoms with van der Waals surface area (Å²) < 4.78 is 9.90. The maximum absolute atomic E-state index is 12.2. The van der Waals surface area contributed by atoms with E-state index in [1.165, 1.54) is 7.11 Å². The van der Waals surface area contributed by atoms with Crippen LogP contribution in [-0.4, -0.2) is 43.0 Å². The first-order valence-corrected chi connectivity index (χ1v) is 8.50. The molecule has 0 fully saturated rings. The van der Waals surface area contributed by atoms with Gasteiger partial charge in [0.2, 0.25) is 0 Å². The van der Waals surface area contributed by atoms with Gasteiger partial charge in [-0.1, -0.05) is 27.7 Å². The van der Waals surface area contributed by atoms with E-state index < -0.39 is 35.9 Å². The standard InChI is InChI=1S/C17H33N3O5/c1-10(2)9-12(19-16(23)25-17(5,6)7)18-15(22)20-13(11(3)4)14(21)24-8/h10-13H,9H2,1-8H3,(H,19,23)(H2,18,20,22)/t12-,13-/m0/s1. The second kappa shape index (κ2) is 10.1. The molecular formula is C17H33N3O5. The molecule has 3 amide bonds. The van der Waals surface area contributed by atoms with Crippen molar-refractivity contribution in [3.05, 3.63) is 0 Å². The topological polar surface area (TPSA) is 106 Å². The third kappa shape index (κ3) is 10.5. The fourth-order valence-electron chi connectivity index (χ4n) is 2.04. The maximum Gasteiger partial charge on any atom is 0.409 e. The van der Waals surface area contributed by atoms with Gasteiger partial charge in [-0.2, -0.15) is 0 Å². The molecule has 3 N–H and O–H groups in total. The molecule has 8 nitrogen and oxygen atoms in total. The number of amides is 3. The molecule has 0 saturated heterocycles. The molecule has 0 aromatic rings. The molecule has 0 bridgehead atoms. The molecule has 0 rings (SSSR count). The Kier molecular flexibility index (Phi) is 9.30. The van der Waals surface area contributed by atoms with Crippen LogP contribution in [0.3, 0.4) is 0 Å². The molecule has 8 heteroatoms. The third-order valence-electron chi connectivity index (χ3n) is 3.11. The first kappa shape index (κ1) is 23.0. The largest absolute Gasteiger partial charge is 0.467 e. The molecular weight excluding hydrogens is 326 g/mol. The minimum atomic E-state index is -0.772. The Hall–Kier alpha value is -1.99. The number of esters is 1. The molecule has 25 heavy (non-hydrogen) atoms. The second-order valence-corrected chi connectivity index (χ2v) is 7.69. The first-order valence-electron chi connectivity index (χ1n) is 8.50. The van der Waals surface area contributed by atoms with Crippen LogP contribution in [-0.2, 0) is 14.3 Å². The summed E-state index contributed by atoms with van der Waals surface area (Å²) in [5, 5.41) is 7.87. The molecule has 0 heterocycles. The zero-order chi connectivity index (χ0) is 19.8. The van der Waals surface area contributed by atoms with E-state index in [0.717, 1.165) is 0 Å². The average molecular weight is 359 g/mol. The van der Waals surface area contributed by atoms with Gasteiger partial charge in [0, 0.05) is 0 Å². The molecule has 0 aromatic heterocycles. The number of methoxy groups -OCH3 is 1. The van der Waals surface area contributed by atoms with Crippen LogP contribution in [0.25, 0.3) is 0 Å². The number of urea groups is 1. The fraction of sp³-hybridized carbons (Fsp3) is 0.824.